The Balaban J connectivity index is 2.43. The Bertz CT molecular complexity index is 423. The third-order valence-corrected chi connectivity index (χ3v) is 2.11. The molecule has 0 aliphatic heterocycles. The van der Waals surface area contributed by atoms with Gasteiger partial charge >= 0.3 is 6.18 Å². The van der Waals surface area contributed by atoms with E-state index >= 15 is 0 Å². The quantitative estimate of drug-likeness (QED) is 0.650. The smallest absolute Gasteiger partial charge is 0.354 e. The molecule has 0 aliphatic carbocycles. The van der Waals surface area contributed by atoms with E-state index in [1.807, 2.05) is 19.1 Å². The number of alkyl halides is 3. The average Bonchev–Trinajstić information content (AvgIpc) is 2.72. The van der Waals surface area contributed by atoms with Gasteiger partial charge < -0.3 is 5.32 Å². The van der Waals surface area contributed by atoms with Gasteiger partial charge in [-0.05, 0) is 19.4 Å². The van der Waals surface area contributed by atoms with Gasteiger partial charge in [-0.25, -0.2) is 0 Å². The molecule has 100 valence electrons. The van der Waals surface area contributed by atoms with E-state index in [4.69, 9.17) is 0 Å². The first kappa shape index (κ1) is 14.3. The third kappa shape index (κ3) is 4.60. The molecule has 0 spiro atoms. The Morgan fingerprint density at radius 1 is 1.56 bits per heavy atom. The Hall–Kier alpha value is -1.79. The predicted octanol–water partition coefficient (Wildman–Crippen LogP) is 1.98. The summed E-state index contributed by atoms with van der Waals surface area (Å²) in [6, 6.07) is 0.840. The van der Waals surface area contributed by atoms with Gasteiger partial charge in [0.15, 0.2) is 5.69 Å². The van der Waals surface area contributed by atoms with Crippen molar-refractivity contribution in [3.8, 4) is 0 Å². The minimum absolute atomic E-state index is 0.216. The first-order chi connectivity index (χ1) is 8.43. The SMILES string of the molecule is C/C=C/CCNC(=O)Cn1ccc(C(F)(F)F)n1. The van der Waals surface area contributed by atoms with E-state index in [0.717, 1.165) is 16.9 Å². The summed E-state index contributed by atoms with van der Waals surface area (Å²) in [7, 11) is 0. The van der Waals surface area contributed by atoms with Crippen molar-refractivity contribution in [2.75, 3.05) is 6.54 Å². The van der Waals surface area contributed by atoms with Crippen LogP contribution in [0.5, 0.6) is 0 Å². The minimum atomic E-state index is -4.48. The lowest BCUT2D eigenvalue weighted by atomic mass is 10.4. The second kappa shape index (κ2) is 6.23. The summed E-state index contributed by atoms with van der Waals surface area (Å²) >= 11 is 0. The molecule has 1 rings (SSSR count). The Labute approximate surface area is 102 Å². The Morgan fingerprint density at radius 3 is 2.83 bits per heavy atom. The van der Waals surface area contributed by atoms with Crippen LogP contribution in [-0.4, -0.2) is 22.2 Å². The molecule has 0 atom stereocenters. The van der Waals surface area contributed by atoms with Gasteiger partial charge in [-0.15, -0.1) is 0 Å². The molecule has 0 bridgehead atoms. The number of nitrogens with zero attached hydrogens (tertiary/aromatic N) is 2. The number of allylic oxidation sites excluding steroid dienone is 1. The van der Waals surface area contributed by atoms with Crippen molar-refractivity contribution in [2.45, 2.75) is 26.1 Å². The molecule has 18 heavy (non-hydrogen) atoms. The maximum atomic E-state index is 12.2. The zero-order chi connectivity index (χ0) is 13.6. The molecule has 0 unspecified atom stereocenters. The first-order valence-corrected chi connectivity index (χ1v) is 5.42. The summed E-state index contributed by atoms with van der Waals surface area (Å²) in [5, 5.41) is 5.86. The number of hydrogen-bond donors (Lipinski definition) is 1. The van der Waals surface area contributed by atoms with Gasteiger partial charge in [-0.2, -0.15) is 18.3 Å². The van der Waals surface area contributed by atoms with E-state index in [0.29, 0.717) is 13.0 Å². The molecule has 0 fully saturated rings. The summed E-state index contributed by atoms with van der Waals surface area (Å²) in [6.07, 6.45) is 1.09. The molecule has 1 amide bonds. The molecule has 1 N–H and O–H groups in total. The van der Waals surface area contributed by atoms with Crippen LogP contribution < -0.4 is 5.32 Å². The highest BCUT2D eigenvalue weighted by atomic mass is 19.4. The third-order valence-electron chi connectivity index (χ3n) is 2.11. The molecule has 0 saturated carbocycles. The van der Waals surface area contributed by atoms with Crippen molar-refractivity contribution < 1.29 is 18.0 Å². The zero-order valence-corrected chi connectivity index (χ0v) is 9.87. The normalized spacial score (nSPS) is 12.0. The summed E-state index contributed by atoms with van der Waals surface area (Å²) < 4.78 is 37.7. The van der Waals surface area contributed by atoms with Crippen LogP contribution in [0.3, 0.4) is 0 Å². The van der Waals surface area contributed by atoms with Gasteiger partial charge in [-0.1, -0.05) is 12.2 Å². The lowest BCUT2D eigenvalue weighted by molar-refractivity contribution is -0.141. The van der Waals surface area contributed by atoms with Crippen LogP contribution in [0.25, 0.3) is 0 Å². The van der Waals surface area contributed by atoms with E-state index < -0.39 is 11.9 Å². The molecular weight excluding hydrogens is 247 g/mol. The van der Waals surface area contributed by atoms with E-state index in [1.54, 1.807) is 0 Å². The minimum Gasteiger partial charge on any atom is -0.354 e. The van der Waals surface area contributed by atoms with Crippen LogP contribution in [0, 0.1) is 0 Å². The number of carbonyl (C=O) groups is 1. The summed E-state index contributed by atoms with van der Waals surface area (Å²) in [5.41, 5.74) is -0.996. The largest absolute Gasteiger partial charge is 0.435 e. The summed E-state index contributed by atoms with van der Waals surface area (Å²) in [6.45, 7) is 2.10. The van der Waals surface area contributed by atoms with Gasteiger partial charge in [0.25, 0.3) is 0 Å². The summed E-state index contributed by atoms with van der Waals surface area (Å²) in [4.78, 5) is 11.4. The topological polar surface area (TPSA) is 46.9 Å². The maximum absolute atomic E-state index is 12.2. The fourth-order valence-corrected chi connectivity index (χ4v) is 1.27. The number of rotatable bonds is 5. The number of hydrogen-bond acceptors (Lipinski definition) is 2. The number of amides is 1. The standard InChI is InChI=1S/C11H14F3N3O/c1-2-3-4-6-15-10(18)8-17-7-5-9(16-17)11(12,13)14/h2-3,5,7H,4,6,8H2,1H3,(H,15,18)/b3-2+. The van der Waals surface area contributed by atoms with Crippen molar-refractivity contribution in [3.63, 3.8) is 0 Å². The molecule has 0 aromatic carbocycles. The van der Waals surface area contributed by atoms with E-state index in [1.165, 1.54) is 0 Å². The van der Waals surface area contributed by atoms with Crippen LogP contribution in [0.4, 0.5) is 13.2 Å². The van der Waals surface area contributed by atoms with Gasteiger partial charge in [0, 0.05) is 12.7 Å². The van der Waals surface area contributed by atoms with Gasteiger partial charge in [0.05, 0.1) is 0 Å². The molecule has 7 heteroatoms. The molecule has 0 radical (unpaired) electrons. The van der Waals surface area contributed by atoms with Gasteiger partial charge in [0.2, 0.25) is 5.91 Å². The number of carbonyl (C=O) groups excluding carboxylic acids is 1. The Kier molecular flexibility index (Phi) is 4.94. The second-order valence-electron chi connectivity index (χ2n) is 3.60. The summed E-state index contributed by atoms with van der Waals surface area (Å²) in [5.74, 6) is -0.365. The molecule has 1 aromatic rings. The van der Waals surface area contributed by atoms with Crippen molar-refractivity contribution >= 4 is 5.91 Å². The number of nitrogens with one attached hydrogen (secondary N) is 1. The van der Waals surface area contributed by atoms with E-state index in [2.05, 4.69) is 10.4 Å². The highest BCUT2D eigenvalue weighted by molar-refractivity contribution is 5.75. The predicted molar refractivity (Wildman–Crippen MR) is 59.7 cm³/mol. The lowest BCUT2D eigenvalue weighted by Gasteiger charge is -2.04. The van der Waals surface area contributed by atoms with Crippen molar-refractivity contribution in [1.29, 1.82) is 0 Å². The maximum Gasteiger partial charge on any atom is 0.435 e. The van der Waals surface area contributed by atoms with Crippen molar-refractivity contribution in [2.24, 2.45) is 0 Å². The van der Waals surface area contributed by atoms with E-state index in [9.17, 15) is 18.0 Å². The number of aromatic nitrogens is 2. The number of halogens is 3. The van der Waals surface area contributed by atoms with E-state index in [-0.39, 0.29) is 12.5 Å². The molecule has 4 nitrogen and oxygen atoms in total. The van der Waals surface area contributed by atoms with Crippen LogP contribution in [-0.2, 0) is 17.5 Å². The molecule has 0 aliphatic rings. The average molecular weight is 261 g/mol. The first-order valence-electron chi connectivity index (χ1n) is 5.42. The molecule has 1 heterocycles. The zero-order valence-electron chi connectivity index (χ0n) is 9.87. The van der Waals surface area contributed by atoms with Crippen molar-refractivity contribution in [3.05, 3.63) is 30.1 Å². The highest BCUT2D eigenvalue weighted by Gasteiger charge is 2.33. The highest BCUT2D eigenvalue weighted by Crippen LogP contribution is 2.27. The van der Waals surface area contributed by atoms with Gasteiger partial charge in [0.1, 0.15) is 6.54 Å². The molecular formula is C11H14F3N3O. The van der Waals surface area contributed by atoms with Gasteiger partial charge in [-0.3, -0.25) is 9.48 Å². The van der Waals surface area contributed by atoms with Crippen LogP contribution in [0.15, 0.2) is 24.4 Å². The van der Waals surface area contributed by atoms with Crippen LogP contribution in [0.1, 0.15) is 19.0 Å². The lowest BCUT2D eigenvalue weighted by Crippen LogP contribution is -2.28. The van der Waals surface area contributed by atoms with Crippen LogP contribution >= 0.6 is 0 Å². The molecule has 1 aromatic heterocycles. The van der Waals surface area contributed by atoms with Crippen LogP contribution in [0.2, 0.25) is 0 Å². The fraction of sp³-hybridized carbons (Fsp3) is 0.455. The monoisotopic (exact) mass is 261 g/mol. The second-order valence-corrected chi connectivity index (χ2v) is 3.60. The Morgan fingerprint density at radius 2 is 2.28 bits per heavy atom. The fourth-order valence-electron chi connectivity index (χ4n) is 1.27. The van der Waals surface area contributed by atoms with Crippen molar-refractivity contribution in [1.82, 2.24) is 15.1 Å². The molecule has 0 saturated heterocycles.